The molecule has 158 valence electrons. The molecule has 7 heteroatoms. The van der Waals surface area contributed by atoms with Crippen LogP contribution < -0.4 is 10.6 Å². The number of nitrogens with one attached hydrogen (secondary N) is 2. The van der Waals surface area contributed by atoms with Gasteiger partial charge in [-0.05, 0) is 32.9 Å². The molecule has 1 unspecified atom stereocenters. The van der Waals surface area contributed by atoms with Gasteiger partial charge in [-0.1, -0.05) is 30.3 Å². The van der Waals surface area contributed by atoms with Crippen LogP contribution in [0, 0.1) is 6.92 Å². The second-order valence-corrected chi connectivity index (χ2v) is 8.88. The monoisotopic (exact) mass is 414 g/mol. The highest BCUT2D eigenvalue weighted by atomic mass is 32.1. The molecule has 1 aromatic heterocycles. The molecular formula is C22H34N6S. The molecule has 6 nitrogen and oxygen atoms in total. The Morgan fingerprint density at radius 3 is 2.79 bits per heavy atom. The van der Waals surface area contributed by atoms with E-state index in [9.17, 15) is 0 Å². The van der Waals surface area contributed by atoms with E-state index in [2.05, 4.69) is 81.6 Å². The number of guanidine groups is 1. The summed E-state index contributed by atoms with van der Waals surface area (Å²) in [5.74, 6) is 0.873. The number of hydrogen-bond donors (Lipinski definition) is 2. The van der Waals surface area contributed by atoms with Gasteiger partial charge in [0, 0.05) is 56.4 Å². The van der Waals surface area contributed by atoms with Gasteiger partial charge < -0.3 is 15.5 Å². The zero-order valence-corrected chi connectivity index (χ0v) is 18.7. The summed E-state index contributed by atoms with van der Waals surface area (Å²) in [6.45, 7) is 11.0. The predicted octanol–water partition coefficient (Wildman–Crippen LogP) is 2.89. The topological polar surface area (TPSA) is 55.8 Å². The predicted molar refractivity (Wildman–Crippen MR) is 123 cm³/mol. The lowest BCUT2D eigenvalue weighted by atomic mass is 10.0. The molecular weight excluding hydrogens is 380 g/mol. The molecule has 29 heavy (non-hydrogen) atoms. The van der Waals surface area contributed by atoms with Crippen LogP contribution in [0.15, 0.2) is 41.5 Å². The van der Waals surface area contributed by atoms with Gasteiger partial charge in [0.2, 0.25) is 0 Å². The summed E-state index contributed by atoms with van der Waals surface area (Å²) >= 11 is 1.71. The largest absolute Gasteiger partial charge is 0.357 e. The van der Waals surface area contributed by atoms with Crippen LogP contribution in [0.3, 0.4) is 0 Å². The van der Waals surface area contributed by atoms with Crippen molar-refractivity contribution in [2.45, 2.75) is 32.9 Å². The van der Waals surface area contributed by atoms with E-state index >= 15 is 0 Å². The number of aryl methyl sites for hydroxylation is 1. The van der Waals surface area contributed by atoms with Crippen LogP contribution in [0.1, 0.15) is 34.8 Å². The number of likely N-dealkylation sites (N-methyl/N-ethyl adjacent to an activating group) is 1. The first kappa shape index (κ1) is 21.7. The number of benzene rings is 1. The van der Waals surface area contributed by atoms with Crippen molar-refractivity contribution in [3.05, 3.63) is 52.0 Å². The van der Waals surface area contributed by atoms with E-state index in [1.807, 2.05) is 6.20 Å². The Morgan fingerprint density at radius 2 is 2.07 bits per heavy atom. The fraction of sp³-hybridized carbons (Fsp3) is 0.545. The lowest BCUT2D eigenvalue weighted by molar-refractivity contribution is 0.0891. The van der Waals surface area contributed by atoms with Crippen LogP contribution in [-0.4, -0.2) is 67.1 Å². The van der Waals surface area contributed by atoms with E-state index < -0.39 is 0 Å². The average molecular weight is 415 g/mol. The lowest BCUT2D eigenvalue weighted by Crippen LogP contribution is -2.47. The van der Waals surface area contributed by atoms with E-state index in [0.717, 1.165) is 56.7 Å². The summed E-state index contributed by atoms with van der Waals surface area (Å²) in [6.07, 6.45) is 3.00. The highest BCUT2D eigenvalue weighted by Gasteiger charge is 2.25. The normalized spacial score (nSPS) is 18.7. The summed E-state index contributed by atoms with van der Waals surface area (Å²) in [5, 5.41) is 7.87. The number of thiazole rings is 1. The van der Waals surface area contributed by atoms with Crippen LogP contribution >= 0.6 is 11.3 Å². The second kappa shape index (κ2) is 11.3. The van der Waals surface area contributed by atoms with E-state index in [4.69, 9.17) is 0 Å². The number of hydrogen-bond acceptors (Lipinski definition) is 5. The molecule has 0 bridgehead atoms. The Hall–Kier alpha value is -1.96. The van der Waals surface area contributed by atoms with Crippen LogP contribution in [0.5, 0.6) is 0 Å². The molecule has 0 radical (unpaired) electrons. The smallest absolute Gasteiger partial charge is 0.191 e. The number of aliphatic imine (C=N–C) groups is 1. The highest BCUT2D eigenvalue weighted by Crippen LogP contribution is 2.24. The van der Waals surface area contributed by atoms with Crippen LogP contribution in [0.2, 0.25) is 0 Å². The maximum Gasteiger partial charge on any atom is 0.191 e. The molecule has 1 atom stereocenters. The number of nitrogens with zero attached hydrogens (tertiary/aromatic N) is 4. The van der Waals surface area contributed by atoms with Gasteiger partial charge in [-0.2, -0.15) is 0 Å². The first-order valence-corrected chi connectivity index (χ1v) is 11.4. The number of piperazine rings is 1. The standard InChI is InChI=1S/C22H34N6S/c1-4-23-22(26-16-21-25-15-18(2)29-21)24-11-8-12-28-14-13-27(3)17-20(28)19-9-6-5-7-10-19/h5-7,9-10,15,20H,4,8,11-14,16-17H2,1-3H3,(H2,23,24,26). The molecule has 0 spiro atoms. The van der Waals surface area contributed by atoms with Crippen molar-refractivity contribution in [3.63, 3.8) is 0 Å². The summed E-state index contributed by atoms with van der Waals surface area (Å²) in [6, 6.07) is 11.4. The molecule has 1 aliphatic rings. The summed E-state index contributed by atoms with van der Waals surface area (Å²) < 4.78 is 0. The van der Waals surface area contributed by atoms with Crippen molar-refractivity contribution in [1.29, 1.82) is 0 Å². The quantitative estimate of drug-likeness (QED) is 0.395. The van der Waals surface area contributed by atoms with Gasteiger partial charge in [0.15, 0.2) is 5.96 Å². The van der Waals surface area contributed by atoms with Gasteiger partial charge in [-0.15, -0.1) is 11.3 Å². The Morgan fingerprint density at radius 1 is 1.24 bits per heavy atom. The van der Waals surface area contributed by atoms with Crippen molar-refractivity contribution in [1.82, 2.24) is 25.4 Å². The fourth-order valence-electron chi connectivity index (χ4n) is 3.67. The Labute approximate surface area is 179 Å². The Kier molecular flexibility index (Phi) is 8.46. The summed E-state index contributed by atoms with van der Waals surface area (Å²) in [5.41, 5.74) is 1.42. The number of aromatic nitrogens is 1. The van der Waals surface area contributed by atoms with Gasteiger partial charge in [0.1, 0.15) is 5.01 Å². The van der Waals surface area contributed by atoms with Crippen molar-refractivity contribution in [2.24, 2.45) is 4.99 Å². The Balaban J connectivity index is 1.49. The molecule has 3 rings (SSSR count). The molecule has 2 heterocycles. The van der Waals surface area contributed by atoms with Crippen molar-refractivity contribution in [2.75, 3.05) is 46.3 Å². The minimum absolute atomic E-state index is 0.477. The van der Waals surface area contributed by atoms with Gasteiger partial charge in [0.05, 0.1) is 6.54 Å². The zero-order chi connectivity index (χ0) is 20.5. The van der Waals surface area contributed by atoms with E-state index in [0.29, 0.717) is 12.6 Å². The molecule has 0 amide bonds. The molecule has 0 aliphatic carbocycles. The van der Waals surface area contributed by atoms with Crippen molar-refractivity contribution >= 4 is 17.3 Å². The third-order valence-electron chi connectivity index (χ3n) is 5.18. The first-order valence-electron chi connectivity index (χ1n) is 10.6. The van der Waals surface area contributed by atoms with E-state index in [-0.39, 0.29) is 0 Å². The highest BCUT2D eigenvalue weighted by molar-refractivity contribution is 7.11. The number of rotatable bonds is 8. The van der Waals surface area contributed by atoms with Crippen molar-refractivity contribution in [3.8, 4) is 0 Å². The fourth-order valence-corrected chi connectivity index (χ4v) is 4.38. The molecule has 1 aromatic carbocycles. The minimum atomic E-state index is 0.477. The van der Waals surface area contributed by atoms with Gasteiger partial charge in [-0.25, -0.2) is 9.98 Å². The van der Waals surface area contributed by atoms with Gasteiger partial charge in [-0.3, -0.25) is 4.90 Å². The lowest BCUT2D eigenvalue weighted by Gasteiger charge is -2.40. The molecule has 2 N–H and O–H groups in total. The Bertz CT molecular complexity index is 760. The van der Waals surface area contributed by atoms with Crippen LogP contribution in [-0.2, 0) is 6.54 Å². The summed E-state index contributed by atoms with van der Waals surface area (Å²) in [4.78, 5) is 15.4. The van der Waals surface area contributed by atoms with E-state index in [1.54, 1.807) is 11.3 Å². The molecule has 2 aromatic rings. The second-order valence-electron chi connectivity index (χ2n) is 7.56. The van der Waals surface area contributed by atoms with Crippen LogP contribution in [0.25, 0.3) is 0 Å². The third-order valence-corrected chi connectivity index (χ3v) is 6.08. The SMILES string of the molecule is CCNC(=NCc1ncc(C)s1)NCCCN1CCN(C)CC1c1ccccc1. The molecule has 1 saturated heterocycles. The van der Waals surface area contributed by atoms with E-state index in [1.165, 1.54) is 10.4 Å². The zero-order valence-electron chi connectivity index (χ0n) is 17.9. The first-order chi connectivity index (χ1) is 14.2. The van der Waals surface area contributed by atoms with Gasteiger partial charge >= 0.3 is 0 Å². The van der Waals surface area contributed by atoms with Crippen LogP contribution in [0.4, 0.5) is 0 Å². The van der Waals surface area contributed by atoms with Crippen molar-refractivity contribution < 1.29 is 0 Å². The maximum atomic E-state index is 4.68. The van der Waals surface area contributed by atoms with Gasteiger partial charge in [0.25, 0.3) is 0 Å². The maximum absolute atomic E-state index is 4.68. The third kappa shape index (κ3) is 6.80. The summed E-state index contributed by atoms with van der Waals surface area (Å²) in [7, 11) is 2.22. The molecule has 0 saturated carbocycles. The average Bonchev–Trinajstić information content (AvgIpc) is 3.16. The minimum Gasteiger partial charge on any atom is -0.357 e. The molecule has 1 fully saturated rings. The molecule has 1 aliphatic heterocycles.